The highest BCUT2D eigenvalue weighted by Crippen LogP contribution is 2.35. The molecule has 2 aromatic rings. The molecule has 1 heterocycles. The van der Waals surface area contributed by atoms with E-state index in [1.54, 1.807) is 11.3 Å². The summed E-state index contributed by atoms with van der Waals surface area (Å²) in [5, 5.41) is 17.3. The molecule has 0 fully saturated rings. The van der Waals surface area contributed by atoms with Crippen LogP contribution in [0.5, 0.6) is 5.75 Å². The number of aliphatic hydroxyl groups excluding tert-OH is 1. The van der Waals surface area contributed by atoms with Crippen molar-refractivity contribution in [3.8, 4) is 5.75 Å². The molecular weight excluding hydrogens is 351 g/mol. The quantitative estimate of drug-likeness (QED) is 0.731. The average Bonchev–Trinajstić information content (AvgIpc) is 3.02. The van der Waals surface area contributed by atoms with Crippen LogP contribution in [0, 0.1) is 0 Å². The average molecular weight is 373 g/mol. The first-order valence-corrected chi connectivity index (χ1v) is 8.85. The molecule has 0 spiro atoms. The Hall–Kier alpha value is -1.57. The summed E-state index contributed by atoms with van der Waals surface area (Å²) in [4.78, 5) is 0. The lowest BCUT2D eigenvalue weighted by Gasteiger charge is -2.27. The minimum absolute atomic E-state index is 0.214. The summed E-state index contributed by atoms with van der Waals surface area (Å²) in [5.74, 6) is -0.272. The SMILES string of the molecule is CC(C)(Cc1ccsc1)NCC(O)COc1ccccc1C(F)(F)F. The van der Waals surface area contributed by atoms with Gasteiger partial charge in [0.25, 0.3) is 0 Å². The van der Waals surface area contributed by atoms with Crippen molar-refractivity contribution in [1.29, 1.82) is 0 Å². The predicted octanol–water partition coefficient (Wildman–Crippen LogP) is 4.12. The second kappa shape index (κ2) is 8.21. The first-order chi connectivity index (χ1) is 11.7. The zero-order chi connectivity index (χ0) is 18.5. The Morgan fingerprint density at radius 2 is 1.92 bits per heavy atom. The maximum absolute atomic E-state index is 12.9. The number of β-amino-alcohol motifs (C(OH)–C–C–N with tert-alkyl or cyclic N) is 1. The van der Waals surface area contributed by atoms with Crippen LogP contribution in [0.25, 0.3) is 0 Å². The number of aliphatic hydroxyl groups is 1. The third-order valence-electron chi connectivity index (χ3n) is 3.67. The Balaban J connectivity index is 1.84. The summed E-state index contributed by atoms with van der Waals surface area (Å²) in [5.41, 5.74) is 0.117. The molecule has 0 saturated heterocycles. The van der Waals surface area contributed by atoms with E-state index >= 15 is 0 Å². The molecule has 0 bridgehead atoms. The summed E-state index contributed by atoms with van der Waals surface area (Å²) >= 11 is 1.62. The molecule has 3 nitrogen and oxygen atoms in total. The molecule has 1 aromatic carbocycles. The number of hydrogen-bond donors (Lipinski definition) is 2. The van der Waals surface area contributed by atoms with Gasteiger partial charge in [-0.3, -0.25) is 0 Å². The number of ether oxygens (including phenoxy) is 1. The van der Waals surface area contributed by atoms with Gasteiger partial charge < -0.3 is 15.2 Å². The number of hydrogen-bond acceptors (Lipinski definition) is 4. The summed E-state index contributed by atoms with van der Waals surface area (Å²) in [6.07, 6.45) is -4.61. The number of thiophene rings is 1. The lowest BCUT2D eigenvalue weighted by atomic mass is 9.96. The van der Waals surface area contributed by atoms with Crippen LogP contribution in [0.3, 0.4) is 0 Å². The molecule has 0 aliphatic carbocycles. The van der Waals surface area contributed by atoms with Crippen LogP contribution in [-0.2, 0) is 12.6 Å². The van der Waals surface area contributed by atoms with Gasteiger partial charge in [0.05, 0.1) is 5.56 Å². The predicted molar refractivity (Wildman–Crippen MR) is 93.1 cm³/mol. The molecule has 138 valence electrons. The van der Waals surface area contributed by atoms with E-state index in [9.17, 15) is 18.3 Å². The van der Waals surface area contributed by atoms with Gasteiger partial charge in [-0.15, -0.1) is 0 Å². The zero-order valence-corrected chi connectivity index (χ0v) is 15.0. The van der Waals surface area contributed by atoms with E-state index in [2.05, 4.69) is 10.7 Å². The monoisotopic (exact) mass is 373 g/mol. The Kier molecular flexibility index (Phi) is 6.48. The van der Waals surface area contributed by atoms with Gasteiger partial charge in [0.1, 0.15) is 18.5 Å². The summed E-state index contributed by atoms with van der Waals surface area (Å²) in [6.45, 7) is 4.04. The van der Waals surface area contributed by atoms with Crippen molar-refractivity contribution in [2.24, 2.45) is 0 Å². The number of para-hydroxylation sites is 1. The van der Waals surface area contributed by atoms with Crippen LogP contribution in [0.15, 0.2) is 41.1 Å². The summed E-state index contributed by atoms with van der Waals surface area (Å²) in [7, 11) is 0. The van der Waals surface area contributed by atoms with Crippen molar-refractivity contribution in [1.82, 2.24) is 5.32 Å². The number of benzene rings is 1. The van der Waals surface area contributed by atoms with Crippen LogP contribution in [0.4, 0.5) is 13.2 Å². The lowest BCUT2D eigenvalue weighted by Crippen LogP contribution is -2.46. The molecule has 1 aromatic heterocycles. The lowest BCUT2D eigenvalue weighted by molar-refractivity contribution is -0.139. The minimum atomic E-state index is -4.48. The summed E-state index contributed by atoms with van der Waals surface area (Å²) < 4.78 is 43.9. The van der Waals surface area contributed by atoms with Gasteiger partial charge in [-0.2, -0.15) is 24.5 Å². The van der Waals surface area contributed by atoms with Crippen molar-refractivity contribution in [2.45, 2.75) is 38.1 Å². The van der Waals surface area contributed by atoms with Gasteiger partial charge in [0, 0.05) is 12.1 Å². The maximum atomic E-state index is 12.9. The first kappa shape index (κ1) is 19.8. The van der Waals surface area contributed by atoms with Gasteiger partial charge in [0.15, 0.2) is 0 Å². The van der Waals surface area contributed by atoms with Crippen LogP contribution in [0.1, 0.15) is 25.0 Å². The van der Waals surface area contributed by atoms with Gasteiger partial charge in [-0.1, -0.05) is 12.1 Å². The topological polar surface area (TPSA) is 41.5 Å². The highest BCUT2D eigenvalue weighted by atomic mass is 32.1. The Labute approximate surface area is 149 Å². The van der Waals surface area contributed by atoms with Crippen molar-refractivity contribution in [2.75, 3.05) is 13.2 Å². The van der Waals surface area contributed by atoms with E-state index in [-0.39, 0.29) is 24.4 Å². The van der Waals surface area contributed by atoms with Gasteiger partial charge in [-0.05, 0) is 54.8 Å². The van der Waals surface area contributed by atoms with Gasteiger partial charge in [-0.25, -0.2) is 0 Å². The molecule has 2 N–H and O–H groups in total. The second-order valence-corrected chi connectivity index (χ2v) is 7.31. The first-order valence-electron chi connectivity index (χ1n) is 7.90. The largest absolute Gasteiger partial charge is 0.490 e. The molecule has 1 atom stereocenters. The fourth-order valence-electron chi connectivity index (χ4n) is 2.43. The van der Waals surface area contributed by atoms with Crippen LogP contribution < -0.4 is 10.1 Å². The molecule has 2 rings (SSSR count). The van der Waals surface area contributed by atoms with E-state index < -0.39 is 17.8 Å². The molecule has 7 heteroatoms. The van der Waals surface area contributed by atoms with Crippen molar-refractivity contribution >= 4 is 11.3 Å². The van der Waals surface area contributed by atoms with Gasteiger partial charge in [0.2, 0.25) is 0 Å². The molecule has 0 radical (unpaired) electrons. The molecule has 0 saturated carbocycles. The molecule has 25 heavy (non-hydrogen) atoms. The van der Waals surface area contributed by atoms with E-state index in [0.29, 0.717) is 0 Å². The fraction of sp³-hybridized carbons (Fsp3) is 0.444. The van der Waals surface area contributed by atoms with Crippen molar-refractivity contribution in [3.05, 3.63) is 52.2 Å². The molecule has 0 aliphatic heterocycles. The van der Waals surface area contributed by atoms with E-state index in [4.69, 9.17) is 4.74 Å². The Bertz CT molecular complexity index is 657. The smallest absolute Gasteiger partial charge is 0.419 e. The second-order valence-electron chi connectivity index (χ2n) is 6.53. The molecule has 0 aliphatic rings. The van der Waals surface area contributed by atoms with Gasteiger partial charge >= 0.3 is 6.18 Å². The minimum Gasteiger partial charge on any atom is -0.490 e. The van der Waals surface area contributed by atoms with E-state index in [1.165, 1.54) is 23.8 Å². The number of nitrogens with one attached hydrogen (secondary N) is 1. The molecule has 0 amide bonds. The number of alkyl halides is 3. The van der Waals surface area contributed by atoms with E-state index in [1.807, 2.05) is 25.3 Å². The number of rotatable bonds is 8. The Morgan fingerprint density at radius 3 is 2.56 bits per heavy atom. The Morgan fingerprint density at radius 1 is 1.20 bits per heavy atom. The van der Waals surface area contributed by atoms with Crippen LogP contribution >= 0.6 is 11.3 Å². The molecular formula is C18H22F3NO2S. The van der Waals surface area contributed by atoms with Crippen molar-refractivity contribution in [3.63, 3.8) is 0 Å². The normalized spacial score (nSPS) is 13.7. The van der Waals surface area contributed by atoms with Crippen molar-refractivity contribution < 1.29 is 23.0 Å². The van der Waals surface area contributed by atoms with Crippen LogP contribution in [-0.4, -0.2) is 29.9 Å². The summed E-state index contributed by atoms with van der Waals surface area (Å²) in [6, 6.07) is 7.04. The highest BCUT2D eigenvalue weighted by molar-refractivity contribution is 7.07. The highest BCUT2D eigenvalue weighted by Gasteiger charge is 2.34. The molecule has 1 unspecified atom stereocenters. The third-order valence-corrected chi connectivity index (χ3v) is 4.40. The fourth-order valence-corrected chi connectivity index (χ4v) is 3.10. The maximum Gasteiger partial charge on any atom is 0.419 e. The zero-order valence-electron chi connectivity index (χ0n) is 14.1. The van der Waals surface area contributed by atoms with E-state index in [0.717, 1.165) is 12.5 Å². The standard InChI is InChI=1S/C18H22F3NO2S/c1-17(2,9-13-7-8-25-12-13)22-10-14(23)11-24-16-6-4-3-5-15(16)18(19,20)21/h3-8,12,14,22-23H,9-11H2,1-2H3. The van der Waals surface area contributed by atoms with Crippen LogP contribution in [0.2, 0.25) is 0 Å². The number of halogens is 3. The third kappa shape index (κ3) is 6.34.